The maximum Gasteiger partial charge on any atom is 0.419 e. The number of amides is 4. The maximum atomic E-state index is 11.8. The Morgan fingerprint density at radius 1 is 0.930 bits per heavy atom. The zero-order valence-corrected chi connectivity index (χ0v) is 28.8. The van der Waals surface area contributed by atoms with Crippen LogP contribution in [-0.2, 0) is 38.2 Å². The van der Waals surface area contributed by atoms with Crippen LogP contribution in [0.2, 0.25) is 0 Å². The summed E-state index contributed by atoms with van der Waals surface area (Å²) in [4.78, 5) is 80.2. The van der Waals surface area contributed by atoms with Crippen LogP contribution in [0.3, 0.4) is 0 Å². The zero-order chi connectivity index (χ0) is 33.1. The smallest absolute Gasteiger partial charge is 0.419 e. The molecule has 1 aromatic rings. The number of carbonyl (C=O) groups excluding carboxylic acids is 7. The van der Waals surface area contributed by atoms with Crippen molar-refractivity contribution >= 4 is 42.5 Å². The first kappa shape index (κ1) is 42.2. The van der Waals surface area contributed by atoms with Gasteiger partial charge in [0.25, 0.3) is 0 Å². The van der Waals surface area contributed by atoms with Crippen molar-refractivity contribution < 1.29 is 43.0 Å². The summed E-state index contributed by atoms with van der Waals surface area (Å²) in [6, 6.07) is 0. The number of hydrogen-bond donors (Lipinski definition) is 4. The molecule has 0 aliphatic heterocycles. The van der Waals surface area contributed by atoms with Crippen LogP contribution in [-0.4, -0.2) is 88.4 Å². The molecule has 0 aromatic carbocycles. The SMILES string of the molecule is CC(C)(NC(=O)CN[C-]=O)C(=O)NCC(=O)NCC=O.CCC(=O)OC(C)(C)C.Cc1cn(C(=O)OC(C)(C)C)cn1.[Fm]. The van der Waals surface area contributed by atoms with E-state index in [1.165, 1.54) is 31.2 Å². The number of nitrogens with one attached hydrogen (secondary N) is 4. The number of esters is 1. The predicted octanol–water partition coefficient (Wildman–Crippen LogP) is 0.682. The van der Waals surface area contributed by atoms with Crippen LogP contribution in [0.25, 0.3) is 0 Å². The van der Waals surface area contributed by atoms with Crippen molar-refractivity contribution in [1.29, 1.82) is 0 Å². The maximum absolute atomic E-state index is 11.8. The van der Waals surface area contributed by atoms with Gasteiger partial charge in [-0.25, -0.2) is 14.3 Å². The molecular formula is C27H45FmN6O9-. The first-order valence-electron chi connectivity index (χ1n) is 13.0. The van der Waals surface area contributed by atoms with E-state index >= 15 is 0 Å². The van der Waals surface area contributed by atoms with E-state index in [4.69, 9.17) is 9.47 Å². The fourth-order valence-electron chi connectivity index (χ4n) is 2.41. The van der Waals surface area contributed by atoms with Gasteiger partial charge in [0, 0.05) is 12.6 Å². The Morgan fingerprint density at radius 2 is 1.49 bits per heavy atom. The average Bonchev–Trinajstić information content (AvgIpc) is 3.29. The minimum Gasteiger partial charge on any atom is -0.522 e. The second-order valence-electron chi connectivity index (χ2n) is 11.1. The van der Waals surface area contributed by atoms with E-state index in [0.717, 1.165) is 5.69 Å². The summed E-state index contributed by atoms with van der Waals surface area (Å²) in [5.74, 6) is -1.81. The summed E-state index contributed by atoms with van der Waals surface area (Å²) in [6.07, 6.45) is 4.99. The van der Waals surface area contributed by atoms with Gasteiger partial charge in [0.15, 0.2) is 0 Å². The molecule has 1 rings (SSSR count). The van der Waals surface area contributed by atoms with Gasteiger partial charge in [0.2, 0.25) is 17.7 Å². The third-order valence-corrected chi connectivity index (χ3v) is 4.16. The van der Waals surface area contributed by atoms with Gasteiger partial charge in [-0.2, -0.15) is 6.41 Å². The molecule has 250 valence electrons. The standard InChI is InChI=1S/C11H17N4O5.C9H14N2O2.C7H14O2.Fm/c1-11(2,15-9(19)5-12-7-17)10(20)14-6-8(18)13-3-4-16;1-7-5-11(6-10-7)8(12)13-9(2,3)4;1-5-6(8)9-7(2,3)4;/h4H,3,5-6H2,1-2H3,(H,12,17)(H,13,18)(H,14,20)(H,15,19);5-6H,1-4H3;5H2,1-4H3;/q-1;;;. The normalized spacial score (nSPS) is 10.5. The molecule has 0 aliphatic rings. The van der Waals surface area contributed by atoms with Crippen LogP contribution in [0.5, 0.6) is 0 Å². The molecule has 0 saturated heterocycles. The molecule has 4 N–H and O–H groups in total. The van der Waals surface area contributed by atoms with Gasteiger partial charge < -0.3 is 40.3 Å². The van der Waals surface area contributed by atoms with Crippen molar-refractivity contribution in [2.75, 3.05) is 19.6 Å². The van der Waals surface area contributed by atoms with E-state index in [0.29, 0.717) is 12.7 Å². The molecule has 4 amide bonds. The molecule has 0 aliphatic carbocycles. The van der Waals surface area contributed by atoms with Crippen molar-refractivity contribution in [3.05, 3.63) is 18.2 Å². The van der Waals surface area contributed by atoms with Gasteiger partial charge in [0.05, 0.1) is 25.3 Å². The van der Waals surface area contributed by atoms with E-state index in [-0.39, 0.29) is 31.2 Å². The van der Waals surface area contributed by atoms with Crippen LogP contribution < -0.4 is 21.3 Å². The Kier molecular flexibility index (Phi) is 19.3. The molecule has 0 bridgehead atoms. The summed E-state index contributed by atoms with van der Waals surface area (Å²) in [7, 11) is 0. The average molecular weight is 855 g/mol. The topological polar surface area (TPSA) is 204 Å². The molecule has 0 unspecified atom stereocenters. The van der Waals surface area contributed by atoms with Crippen molar-refractivity contribution in [1.82, 2.24) is 30.8 Å². The second-order valence-corrected chi connectivity index (χ2v) is 11.1. The summed E-state index contributed by atoms with van der Waals surface area (Å²) in [5.41, 5.74) is -1.25. The van der Waals surface area contributed by atoms with Crippen LogP contribution in [0.4, 0.5) is 4.79 Å². The number of ether oxygens (including phenoxy) is 2. The fourth-order valence-corrected chi connectivity index (χ4v) is 2.41. The Hall–Kier alpha value is -5.30. The van der Waals surface area contributed by atoms with Gasteiger partial charge in [-0.15, -0.1) is 0 Å². The third-order valence-electron chi connectivity index (χ3n) is 4.16. The fraction of sp³-hybridized carbons (Fsp3) is 0.630. The molecule has 0 atom stereocenters. The number of carbonyl (C=O) groups is 6. The number of aldehydes is 1. The van der Waals surface area contributed by atoms with Crippen molar-refractivity contribution in [3.8, 4) is 0 Å². The molecule has 16 heteroatoms. The minimum atomic E-state index is -1.26. The molecule has 0 fully saturated rings. The van der Waals surface area contributed by atoms with Crippen LogP contribution in [0, 0.1) is 6.92 Å². The summed E-state index contributed by atoms with van der Waals surface area (Å²) < 4.78 is 11.4. The van der Waals surface area contributed by atoms with Gasteiger partial charge >= 0.3 is 12.1 Å². The van der Waals surface area contributed by atoms with Crippen LogP contribution in [0.1, 0.15) is 74.4 Å². The number of hydrogen-bond acceptors (Lipinski definition) is 10. The monoisotopic (exact) mass is 854 g/mol. The van der Waals surface area contributed by atoms with Gasteiger partial charge in [0.1, 0.15) is 29.4 Å². The zero-order valence-electron chi connectivity index (χ0n) is 26.4. The van der Waals surface area contributed by atoms with Crippen molar-refractivity contribution in [2.24, 2.45) is 0 Å². The first-order chi connectivity index (χ1) is 19.2. The molecule has 0 saturated carbocycles. The van der Waals surface area contributed by atoms with Crippen LogP contribution in [0.15, 0.2) is 12.5 Å². The quantitative estimate of drug-likeness (QED) is 0.112. The summed E-state index contributed by atoms with van der Waals surface area (Å²) >= 11 is 0. The van der Waals surface area contributed by atoms with E-state index in [1.54, 1.807) is 13.1 Å². The van der Waals surface area contributed by atoms with E-state index in [1.807, 2.05) is 53.8 Å². The number of nitrogens with zero attached hydrogens (tertiary/aromatic N) is 2. The molecule has 0 spiro atoms. The Labute approximate surface area is 246 Å². The molecule has 43 heavy (non-hydrogen) atoms. The van der Waals surface area contributed by atoms with Gasteiger partial charge in [-0.3, -0.25) is 19.2 Å². The van der Waals surface area contributed by atoms with E-state index in [9.17, 15) is 33.6 Å². The predicted molar refractivity (Wildman–Crippen MR) is 153 cm³/mol. The number of aryl methyl sites for hydroxylation is 1. The van der Waals surface area contributed by atoms with Gasteiger partial charge in [-0.05, 0) is 62.3 Å². The number of rotatable bonds is 10. The molecule has 1 aromatic heterocycles. The van der Waals surface area contributed by atoms with Crippen molar-refractivity contribution in [2.45, 2.75) is 92.4 Å². The Balaban J connectivity index is -0.000000598. The van der Waals surface area contributed by atoms with Crippen molar-refractivity contribution in [3.63, 3.8) is 0 Å². The summed E-state index contributed by atoms with van der Waals surface area (Å²) in [5, 5.41) is 8.97. The molecular weight excluding hydrogens is 809 g/mol. The number of imidazole rings is 1. The Bertz CT molecular complexity index is 1060. The van der Waals surface area contributed by atoms with Crippen LogP contribution >= 0.6 is 0 Å². The Morgan fingerprint density at radius 3 is 1.88 bits per heavy atom. The molecule has 1 heterocycles. The molecule has 15 nitrogen and oxygen atoms in total. The largest absolute Gasteiger partial charge is 0.522 e. The number of aromatic nitrogens is 2. The first-order valence-corrected chi connectivity index (χ1v) is 13.0. The minimum absolute atomic E-state index is 0. The van der Waals surface area contributed by atoms with E-state index in [2.05, 4.69) is 20.9 Å². The van der Waals surface area contributed by atoms with Gasteiger partial charge in [-0.1, -0.05) is 6.92 Å². The van der Waals surface area contributed by atoms with E-state index < -0.39 is 35.0 Å². The third kappa shape index (κ3) is 23.1. The molecule has 0 radical (unpaired) electrons. The second kappa shape index (κ2) is 19.7. The summed E-state index contributed by atoms with van der Waals surface area (Å²) in [6.45, 7) is 16.8.